The molecule has 0 radical (unpaired) electrons. The number of carboxylic acids is 1. The van der Waals surface area contributed by atoms with E-state index in [0.29, 0.717) is 17.2 Å². The second-order valence-corrected chi connectivity index (χ2v) is 5.99. The highest BCUT2D eigenvalue weighted by atomic mass is 32.2. The van der Waals surface area contributed by atoms with Crippen molar-refractivity contribution in [3.8, 4) is 11.3 Å². The van der Waals surface area contributed by atoms with Gasteiger partial charge >= 0.3 is 0 Å². The standard InChI is InChI=1S/C16H11N3O6S/c1-9-17-18-16(24-9)26-14(15(20)21)8-12-5-6-13(25-12)10-3-2-4-11(7-10)19(22)23/h2-8H,1H3,(H,20,21)/p-1/b14-8+. The van der Waals surface area contributed by atoms with Crippen LogP contribution in [0.1, 0.15) is 11.7 Å². The van der Waals surface area contributed by atoms with E-state index in [2.05, 4.69) is 10.2 Å². The first kappa shape index (κ1) is 17.4. The normalized spacial score (nSPS) is 11.5. The maximum absolute atomic E-state index is 11.3. The molecule has 0 fully saturated rings. The summed E-state index contributed by atoms with van der Waals surface area (Å²) in [7, 11) is 0. The Morgan fingerprint density at radius 3 is 2.69 bits per heavy atom. The lowest BCUT2D eigenvalue weighted by atomic mass is 10.1. The smallest absolute Gasteiger partial charge is 0.281 e. The summed E-state index contributed by atoms with van der Waals surface area (Å²) in [6.07, 6.45) is 1.25. The number of furan rings is 1. The first-order chi connectivity index (χ1) is 12.4. The molecule has 0 bridgehead atoms. The fourth-order valence-corrected chi connectivity index (χ4v) is 2.72. The number of thioether (sulfide) groups is 1. The number of benzene rings is 1. The van der Waals surface area contributed by atoms with Crippen molar-refractivity contribution < 1.29 is 23.7 Å². The number of aliphatic carboxylic acids is 1. The van der Waals surface area contributed by atoms with Crippen LogP contribution in [-0.2, 0) is 4.79 Å². The summed E-state index contributed by atoms with van der Waals surface area (Å²) in [4.78, 5) is 21.5. The number of carbonyl (C=O) groups is 1. The van der Waals surface area contributed by atoms with Gasteiger partial charge in [0.1, 0.15) is 11.5 Å². The number of hydrogen-bond donors (Lipinski definition) is 0. The minimum atomic E-state index is -1.43. The molecule has 0 amide bonds. The van der Waals surface area contributed by atoms with Gasteiger partial charge in [0.25, 0.3) is 10.9 Å². The Bertz CT molecular complexity index is 1010. The number of nitrogens with zero attached hydrogens (tertiary/aromatic N) is 3. The second-order valence-electron chi connectivity index (χ2n) is 4.99. The maximum Gasteiger partial charge on any atom is 0.281 e. The third kappa shape index (κ3) is 3.98. The van der Waals surface area contributed by atoms with Gasteiger partial charge in [0.15, 0.2) is 0 Å². The van der Waals surface area contributed by atoms with Gasteiger partial charge < -0.3 is 18.7 Å². The molecule has 0 saturated heterocycles. The molecular formula is C16H10N3O6S-. The van der Waals surface area contributed by atoms with E-state index in [-0.39, 0.29) is 21.6 Å². The first-order valence-corrected chi connectivity index (χ1v) is 7.99. The van der Waals surface area contributed by atoms with Crippen LogP contribution in [0.3, 0.4) is 0 Å². The summed E-state index contributed by atoms with van der Waals surface area (Å²) < 4.78 is 10.7. The molecule has 10 heteroatoms. The van der Waals surface area contributed by atoms with Crippen molar-refractivity contribution in [1.29, 1.82) is 0 Å². The molecule has 2 heterocycles. The first-order valence-electron chi connectivity index (χ1n) is 7.18. The number of aryl methyl sites for hydroxylation is 1. The average Bonchev–Trinajstić information content (AvgIpc) is 3.23. The van der Waals surface area contributed by atoms with E-state index in [0.717, 1.165) is 11.8 Å². The van der Waals surface area contributed by atoms with Crippen LogP contribution >= 0.6 is 11.8 Å². The number of carboxylic acid groups (broad SMARTS) is 1. The van der Waals surface area contributed by atoms with E-state index in [4.69, 9.17) is 8.83 Å². The Hall–Kier alpha value is -3.40. The SMILES string of the molecule is Cc1nnc(S/C(=C/c2ccc(-c3cccc([N+](=O)[O-])c3)o2)C(=O)[O-])o1. The van der Waals surface area contributed by atoms with Crippen molar-refractivity contribution in [2.75, 3.05) is 0 Å². The highest BCUT2D eigenvalue weighted by Crippen LogP contribution is 2.30. The van der Waals surface area contributed by atoms with Gasteiger partial charge in [0.05, 0.1) is 10.9 Å². The quantitative estimate of drug-likeness (QED) is 0.276. The monoisotopic (exact) mass is 372 g/mol. The highest BCUT2D eigenvalue weighted by Gasteiger charge is 2.12. The highest BCUT2D eigenvalue weighted by molar-refractivity contribution is 8.03. The predicted molar refractivity (Wildman–Crippen MR) is 88.7 cm³/mol. The molecule has 3 aromatic rings. The second kappa shape index (κ2) is 7.23. The van der Waals surface area contributed by atoms with E-state index in [1.165, 1.54) is 30.3 Å². The molecule has 0 unspecified atom stereocenters. The van der Waals surface area contributed by atoms with Gasteiger partial charge in [-0.1, -0.05) is 12.1 Å². The zero-order chi connectivity index (χ0) is 18.7. The van der Waals surface area contributed by atoms with Crippen molar-refractivity contribution in [2.45, 2.75) is 12.1 Å². The van der Waals surface area contributed by atoms with Gasteiger partial charge in [-0.05, 0) is 30.0 Å². The Morgan fingerprint density at radius 2 is 2.04 bits per heavy atom. The molecule has 132 valence electrons. The van der Waals surface area contributed by atoms with Crippen molar-refractivity contribution >= 4 is 29.5 Å². The summed E-state index contributed by atoms with van der Waals surface area (Å²) in [6, 6.07) is 9.03. The number of non-ortho nitro benzene ring substituents is 1. The molecule has 0 saturated carbocycles. The Kier molecular flexibility index (Phi) is 4.85. The largest absolute Gasteiger partial charge is 0.544 e. The fourth-order valence-electron chi connectivity index (χ4n) is 2.03. The topological polar surface area (TPSA) is 135 Å². The molecule has 0 N–H and O–H groups in total. The van der Waals surface area contributed by atoms with Crippen LogP contribution in [0, 0.1) is 17.0 Å². The van der Waals surface area contributed by atoms with Crippen molar-refractivity contribution in [3.63, 3.8) is 0 Å². The molecule has 2 aromatic heterocycles. The number of rotatable bonds is 6. The summed E-state index contributed by atoms with van der Waals surface area (Å²) in [5.41, 5.74) is 0.419. The molecular weight excluding hydrogens is 362 g/mol. The fraction of sp³-hybridized carbons (Fsp3) is 0.0625. The van der Waals surface area contributed by atoms with Gasteiger partial charge in [-0.3, -0.25) is 10.1 Å². The van der Waals surface area contributed by atoms with Crippen LogP contribution in [-0.4, -0.2) is 21.1 Å². The van der Waals surface area contributed by atoms with Gasteiger partial charge in [-0.25, -0.2) is 0 Å². The number of hydrogen-bond acceptors (Lipinski definition) is 9. The molecule has 1 aromatic carbocycles. The van der Waals surface area contributed by atoms with Gasteiger partial charge in [-0.2, -0.15) is 0 Å². The average molecular weight is 372 g/mol. The van der Waals surface area contributed by atoms with E-state index in [1.807, 2.05) is 0 Å². The van der Waals surface area contributed by atoms with Crippen LogP contribution in [0.5, 0.6) is 0 Å². The molecule has 26 heavy (non-hydrogen) atoms. The molecule has 9 nitrogen and oxygen atoms in total. The lowest BCUT2D eigenvalue weighted by Gasteiger charge is -2.04. The molecule has 0 spiro atoms. The van der Waals surface area contributed by atoms with Crippen molar-refractivity contribution in [1.82, 2.24) is 10.2 Å². The molecule has 0 aliphatic rings. The maximum atomic E-state index is 11.3. The lowest BCUT2D eigenvalue weighted by molar-refractivity contribution is -0.384. The van der Waals surface area contributed by atoms with E-state index < -0.39 is 10.9 Å². The number of nitro benzene ring substituents is 1. The lowest BCUT2D eigenvalue weighted by Crippen LogP contribution is -2.22. The number of nitro groups is 1. The third-order valence-electron chi connectivity index (χ3n) is 3.15. The molecule has 3 rings (SSSR count). The minimum Gasteiger partial charge on any atom is -0.544 e. The Morgan fingerprint density at radius 1 is 1.23 bits per heavy atom. The summed E-state index contributed by atoms with van der Waals surface area (Å²) in [6.45, 7) is 1.58. The number of carbonyl (C=O) groups excluding carboxylic acids is 1. The third-order valence-corrected chi connectivity index (χ3v) is 3.99. The minimum absolute atomic E-state index is 0.0587. The van der Waals surface area contributed by atoms with Gasteiger partial charge in [-0.15, -0.1) is 10.2 Å². The zero-order valence-corrected chi connectivity index (χ0v) is 14.1. The van der Waals surface area contributed by atoms with Crippen LogP contribution < -0.4 is 5.11 Å². The Balaban J connectivity index is 1.87. The Labute approximate surface area is 150 Å². The molecule has 0 aliphatic carbocycles. The summed E-state index contributed by atoms with van der Waals surface area (Å²) in [5, 5.41) is 29.5. The molecule has 0 aliphatic heterocycles. The van der Waals surface area contributed by atoms with Crippen LogP contribution in [0.15, 0.2) is 55.4 Å². The zero-order valence-electron chi connectivity index (χ0n) is 13.2. The van der Waals surface area contributed by atoms with Crippen LogP contribution in [0.2, 0.25) is 0 Å². The van der Waals surface area contributed by atoms with E-state index in [1.54, 1.807) is 19.1 Å². The van der Waals surface area contributed by atoms with Gasteiger partial charge in [0.2, 0.25) is 5.89 Å². The predicted octanol–water partition coefficient (Wildman–Crippen LogP) is 2.43. The van der Waals surface area contributed by atoms with Gasteiger partial charge in [0, 0.05) is 29.5 Å². The van der Waals surface area contributed by atoms with Crippen LogP contribution in [0.25, 0.3) is 17.4 Å². The van der Waals surface area contributed by atoms with Crippen LogP contribution in [0.4, 0.5) is 5.69 Å². The van der Waals surface area contributed by atoms with Crippen molar-refractivity contribution in [2.24, 2.45) is 0 Å². The summed E-state index contributed by atoms with van der Waals surface area (Å²) in [5.74, 6) is -0.541. The molecule has 0 atom stereocenters. The number of aromatic nitrogens is 2. The van der Waals surface area contributed by atoms with E-state index in [9.17, 15) is 20.0 Å². The van der Waals surface area contributed by atoms with Crippen molar-refractivity contribution in [3.05, 3.63) is 63.1 Å². The van der Waals surface area contributed by atoms with E-state index >= 15 is 0 Å². The summed E-state index contributed by atoms with van der Waals surface area (Å²) >= 11 is 0.733.